The van der Waals surface area contributed by atoms with Crippen LogP contribution in [0.25, 0.3) is 22.4 Å². The smallest absolute Gasteiger partial charge is 0.279 e. The molecule has 3 aromatic heterocycles. The minimum absolute atomic E-state index is 0.0901. The largest absolute Gasteiger partial charge is 0.368 e. The van der Waals surface area contributed by atoms with Crippen LogP contribution in [0.4, 0.5) is 16.2 Å². The molecule has 0 atom stereocenters. The van der Waals surface area contributed by atoms with Crippen LogP contribution in [-0.2, 0) is 5.75 Å². The van der Waals surface area contributed by atoms with Crippen LogP contribution in [-0.4, -0.2) is 24.5 Å². The van der Waals surface area contributed by atoms with Crippen LogP contribution in [0.1, 0.15) is 31.1 Å². The quantitative estimate of drug-likeness (QED) is 0.421. The van der Waals surface area contributed by atoms with Gasteiger partial charge in [-0.3, -0.25) is 9.36 Å². The molecule has 0 saturated heterocycles. The molecule has 164 valence electrons. The van der Waals surface area contributed by atoms with Crippen LogP contribution in [0.15, 0.2) is 47.4 Å². The van der Waals surface area contributed by atoms with Crippen LogP contribution in [0.3, 0.4) is 0 Å². The molecule has 0 aliphatic heterocycles. The van der Waals surface area contributed by atoms with E-state index < -0.39 is 0 Å². The van der Waals surface area contributed by atoms with Gasteiger partial charge in [-0.2, -0.15) is 4.98 Å². The summed E-state index contributed by atoms with van der Waals surface area (Å²) in [6, 6.07) is 9.84. The first-order chi connectivity index (χ1) is 15.3. The summed E-state index contributed by atoms with van der Waals surface area (Å²) in [6.45, 7) is 5.63. The van der Waals surface area contributed by atoms with Gasteiger partial charge >= 0.3 is 0 Å². The van der Waals surface area contributed by atoms with Gasteiger partial charge in [-0.05, 0) is 62.5 Å². The fourth-order valence-electron chi connectivity index (χ4n) is 3.31. The Balaban J connectivity index is 1.62. The maximum absolute atomic E-state index is 13.3. The minimum Gasteiger partial charge on any atom is -0.368 e. The first-order valence-corrected chi connectivity index (χ1v) is 11.0. The van der Waals surface area contributed by atoms with Gasteiger partial charge in [-0.1, -0.05) is 12.1 Å². The summed E-state index contributed by atoms with van der Waals surface area (Å²) in [4.78, 5) is 30.6. The molecule has 0 fully saturated rings. The van der Waals surface area contributed by atoms with Crippen LogP contribution < -0.4 is 16.0 Å². The maximum Gasteiger partial charge on any atom is 0.279 e. The third kappa shape index (κ3) is 4.40. The van der Waals surface area contributed by atoms with E-state index in [2.05, 4.69) is 24.7 Å². The van der Waals surface area contributed by atoms with Gasteiger partial charge in [-0.25, -0.2) is 19.3 Å². The Morgan fingerprint density at radius 1 is 1.12 bits per heavy atom. The first kappa shape index (κ1) is 21.7. The van der Waals surface area contributed by atoms with Crippen LogP contribution in [0.2, 0.25) is 0 Å². The van der Waals surface area contributed by atoms with E-state index in [0.29, 0.717) is 34.0 Å². The molecule has 0 bridgehead atoms. The van der Waals surface area contributed by atoms with Crippen molar-refractivity contribution in [1.29, 1.82) is 0 Å². The SMILES string of the molecule is Cc1nc(NSCc2ccc(F)cc2)ccc1-c1nc2cnc(N)nc2n(C(C)C)c1=O. The Bertz CT molecular complexity index is 1340. The number of aryl methyl sites for hydroxylation is 1. The highest BCUT2D eigenvalue weighted by molar-refractivity contribution is 7.99. The Morgan fingerprint density at radius 3 is 2.56 bits per heavy atom. The van der Waals surface area contributed by atoms with E-state index in [4.69, 9.17) is 5.73 Å². The lowest BCUT2D eigenvalue weighted by atomic mass is 10.1. The summed E-state index contributed by atoms with van der Waals surface area (Å²) in [6.07, 6.45) is 1.52. The second-order valence-electron chi connectivity index (χ2n) is 7.51. The van der Waals surface area contributed by atoms with E-state index in [9.17, 15) is 9.18 Å². The zero-order valence-electron chi connectivity index (χ0n) is 17.8. The Hall–Kier alpha value is -3.53. The predicted octanol–water partition coefficient (Wildman–Crippen LogP) is 4.12. The summed E-state index contributed by atoms with van der Waals surface area (Å²) in [5.41, 5.74) is 8.92. The molecule has 4 aromatic rings. The molecule has 10 heteroatoms. The first-order valence-electron chi connectivity index (χ1n) is 9.98. The van der Waals surface area contributed by atoms with E-state index in [-0.39, 0.29) is 29.1 Å². The lowest BCUT2D eigenvalue weighted by molar-refractivity contribution is 0.593. The number of benzene rings is 1. The monoisotopic (exact) mass is 451 g/mol. The number of pyridine rings is 1. The summed E-state index contributed by atoms with van der Waals surface area (Å²) >= 11 is 1.44. The molecule has 3 N–H and O–H groups in total. The lowest BCUT2D eigenvalue weighted by Gasteiger charge is -2.15. The van der Waals surface area contributed by atoms with Gasteiger partial charge in [0.1, 0.15) is 22.8 Å². The third-order valence-electron chi connectivity index (χ3n) is 4.84. The molecule has 0 aliphatic carbocycles. The van der Waals surface area contributed by atoms with Gasteiger partial charge in [0.15, 0.2) is 5.65 Å². The van der Waals surface area contributed by atoms with E-state index in [1.807, 2.05) is 26.8 Å². The number of aromatic nitrogens is 5. The highest BCUT2D eigenvalue weighted by Gasteiger charge is 2.18. The van der Waals surface area contributed by atoms with Crippen molar-refractivity contribution < 1.29 is 4.39 Å². The van der Waals surface area contributed by atoms with Gasteiger partial charge in [-0.15, -0.1) is 0 Å². The normalized spacial score (nSPS) is 11.3. The maximum atomic E-state index is 13.3. The predicted molar refractivity (Wildman–Crippen MR) is 126 cm³/mol. The number of fused-ring (bicyclic) bond motifs is 1. The second-order valence-corrected chi connectivity index (χ2v) is 8.29. The molecule has 0 aliphatic rings. The summed E-state index contributed by atoms with van der Waals surface area (Å²) in [5, 5.41) is 0. The standard InChI is InChI=1S/C22H22FN7OS/c1-12(2)30-20-17(10-25-22(24)28-20)27-19(21(30)31)16-8-9-18(26-13(16)3)29-32-11-14-4-6-15(23)7-5-14/h4-10,12H,11H2,1-3H3,(H,26,29)(H2,24,25,28). The van der Waals surface area contributed by atoms with E-state index in [1.54, 1.807) is 22.8 Å². The van der Waals surface area contributed by atoms with Gasteiger partial charge < -0.3 is 10.5 Å². The Labute approximate surface area is 188 Å². The number of rotatable bonds is 6. The summed E-state index contributed by atoms with van der Waals surface area (Å²) in [7, 11) is 0. The number of anilines is 2. The van der Waals surface area contributed by atoms with Crippen molar-refractivity contribution in [3.8, 4) is 11.3 Å². The van der Waals surface area contributed by atoms with Crippen molar-refractivity contribution in [2.24, 2.45) is 0 Å². The van der Waals surface area contributed by atoms with Crippen molar-refractivity contribution >= 4 is 34.9 Å². The summed E-state index contributed by atoms with van der Waals surface area (Å²) < 4.78 is 17.8. The summed E-state index contributed by atoms with van der Waals surface area (Å²) in [5.74, 6) is 1.14. The Morgan fingerprint density at radius 2 is 1.88 bits per heavy atom. The topological polar surface area (TPSA) is 112 Å². The molecule has 3 heterocycles. The molecule has 4 rings (SSSR count). The van der Waals surface area contributed by atoms with Crippen LogP contribution in [0, 0.1) is 12.7 Å². The van der Waals surface area contributed by atoms with E-state index in [0.717, 1.165) is 5.56 Å². The molecule has 0 unspecified atom stereocenters. The highest BCUT2D eigenvalue weighted by atomic mass is 32.2. The zero-order chi connectivity index (χ0) is 22.8. The van der Waals surface area contributed by atoms with Crippen LogP contribution >= 0.6 is 11.9 Å². The van der Waals surface area contributed by atoms with Crippen molar-refractivity contribution in [2.75, 3.05) is 10.5 Å². The van der Waals surface area contributed by atoms with Gasteiger partial charge in [0, 0.05) is 23.1 Å². The minimum atomic E-state index is -0.262. The van der Waals surface area contributed by atoms with Gasteiger partial charge in [0.05, 0.1) is 6.20 Å². The number of hydrogen-bond donors (Lipinski definition) is 2. The van der Waals surface area contributed by atoms with Gasteiger partial charge in [0.2, 0.25) is 5.95 Å². The molecule has 0 saturated carbocycles. The third-order valence-corrected chi connectivity index (χ3v) is 5.67. The average Bonchev–Trinajstić information content (AvgIpc) is 2.75. The second kappa shape index (κ2) is 8.91. The molecule has 8 nitrogen and oxygen atoms in total. The molecule has 0 radical (unpaired) electrons. The zero-order valence-corrected chi connectivity index (χ0v) is 18.7. The van der Waals surface area contributed by atoms with E-state index >= 15 is 0 Å². The van der Waals surface area contributed by atoms with Gasteiger partial charge in [0.25, 0.3) is 5.56 Å². The number of nitrogens with two attached hydrogens (primary N) is 1. The fraction of sp³-hybridized carbons (Fsp3) is 0.227. The van der Waals surface area contributed by atoms with E-state index in [1.165, 1.54) is 30.3 Å². The van der Waals surface area contributed by atoms with Crippen molar-refractivity contribution in [3.05, 3.63) is 70.0 Å². The molecule has 1 aromatic carbocycles. The molecule has 32 heavy (non-hydrogen) atoms. The van der Waals surface area contributed by atoms with Crippen molar-refractivity contribution in [1.82, 2.24) is 24.5 Å². The number of hydrogen-bond acceptors (Lipinski definition) is 8. The number of nitrogens with one attached hydrogen (secondary N) is 1. The van der Waals surface area contributed by atoms with Crippen LogP contribution in [0.5, 0.6) is 0 Å². The number of nitrogens with zero attached hydrogens (tertiary/aromatic N) is 5. The molecular formula is C22H22FN7OS. The molecular weight excluding hydrogens is 429 g/mol. The van der Waals surface area contributed by atoms with Crippen molar-refractivity contribution in [3.63, 3.8) is 0 Å². The number of nitrogen functional groups attached to an aromatic ring is 1. The highest BCUT2D eigenvalue weighted by Crippen LogP contribution is 2.24. The lowest BCUT2D eigenvalue weighted by Crippen LogP contribution is -2.26. The fourth-order valence-corrected chi connectivity index (χ4v) is 4.00. The Kier molecular flexibility index (Phi) is 6.04. The van der Waals surface area contributed by atoms with Crippen molar-refractivity contribution in [2.45, 2.75) is 32.6 Å². The average molecular weight is 452 g/mol. The molecule has 0 amide bonds. The number of halogens is 1. The molecule has 0 spiro atoms.